The van der Waals surface area contributed by atoms with E-state index in [-0.39, 0.29) is 5.60 Å². The fraction of sp³-hybridized carbons (Fsp3) is 0.300. The van der Waals surface area contributed by atoms with Gasteiger partial charge in [-0.05, 0) is 36.6 Å². The molecule has 0 aliphatic carbocycles. The van der Waals surface area contributed by atoms with Crippen molar-refractivity contribution in [1.29, 1.82) is 0 Å². The van der Waals surface area contributed by atoms with E-state index in [9.17, 15) is 0 Å². The van der Waals surface area contributed by atoms with Crippen molar-refractivity contribution < 1.29 is 4.74 Å². The van der Waals surface area contributed by atoms with E-state index < -0.39 is 0 Å². The van der Waals surface area contributed by atoms with Gasteiger partial charge < -0.3 is 9.64 Å². The van der Waals surface area contributed by atoms with Gasteiger partial charge >= 0.3 is 0 Å². The lowest BCUT2D eigenvalue weighted by Crippen LogP contribution is -2.44. The predicted molar refractivity (Wildman–Crippen MR) is 91.9 cm³/mol. The molecule has 2 aromatic carbocycles. The summed E-state index contributed by atoms with van der Waals surface area (Å²) in [6.45, 7) is 2.02. The second-order valence-corrected chi connectivity index (χ2v) is 5.76. The van der Waals surface area contributed by atoms with Crippen molar-refractivity contribution in [1.82, 2.24) is 0 Å². The van der Waals surface area contributed by atoms with Crippen molar-refractivity contribution in [3.05, 3.63) is 72.3 Å². The molecule has 0 unspecified atom stereocenters. The lowest BCUT2D eigenvalue weighted by atomic mass is 9.89. The van der Waals surface area contributed by atoms with Gasteiger partial charge in [0.1, 0.15) is 0 Å². The molecule has 113 valence electrons. The van der Waals surface area contributed by atoms with E-state index in [1.54, 1.807) is 0 Å². The summed E-state index contributed by atoms with van der Waals surface area (Å²) in [5.74, 6) is 0. The standard InChI is InChI=1S/C20H22NO/c1-22-20(13-12-18-8-4-2-5-9-18)14-16-21(17-15-20)19-10-6-3-7-11-19/h2,4-13H,14-17H2,1H3/b13-12-. The van der Waals surface area contributed by atoms with Gasteiger partial charge in [-0.15, -0.1) is 0 Å². The maximum atomic E-state index is 5.87. The summed E-state index contributed by atoms with van der Waals surface area (Å²) in [7, 11) is 1.82. The highest BCUT2D eigenvalue weighted by atomic mass is 16.5. The molecule has 0 saturated carbocycles. The minimum absolute atomic E-state index is 0.146. The van der Waals surface area contributed by atoms with Crippen molar-refractivity contribution in [3.8, 4) is 0 Å². The van der Waals surface area contributed by atoms with Gasteiger partial charge in [0.05, 0.1) is 5.60 Å². The van der Waals surface area contributed by atoms with Gasteiger partial charge in [0.25, 0.3) is 0 Å². The molecule has 1 fully saturated rings. The van der Waals surface area contributed by atoms with E-state index in [4.69, 9.17) is 4.74 Å². The van der Waals surface area contributed by atoms with Crippen LogP contribution in [0.5, 0.6) is 0 Å². The molecule has 0 N–H and O–H groups in total. The molecule has 2 aromatic rings. The zero-order chi connectivity index (χ0) is 15.3. The number of ether oxygens (including phenoxy) is 1. The van der Waals surface area contributed by atoms with Crippen LogP contribution in [0.4, 0.5) is 5.69 Å². The maximum Gasteiger partial charge on any atom is 0.0895 e. The van der Waals surface area contributed by atoms with Crippen LogP contribution in [0.15, 0.2) is 60.7 Å². The van der Waals surface area contributed by atoms with E-state index in [1.165, 1.54) is 11.3 Å². The quantitative estimate of drug-likeness (QED) is 0.838. The van der Waals surface area contributed by atoms with Crippen molar-refractivity contribution in [3.63, 3.8) is 0 Å². The molecule has 1 saturated heterocycles. The van der Waals surface area contributed by atoms with Crippen molar-refractivity contribution >= 4 is 11.8 Å². The molecule has 0 amide bonds. The minimum atomic E-state index is -0.146. The fourth-order valence-corrected chi connectivity index (χ4v) is 2.98. The number of methoxy groups -OCH3 is 1. The molecule has 1 aliphatic heterocycles. The van der Waals surface area contributed by atoms with Crippen LogP contribution in [0, 0.1) is 6.07 Å². The highest BCUT2D eigenvalue weighted by molar-refractivity contribution is 5.51. The van der Waals surface area contributed by atoms with Crippen LogP contribution in [0.2, 0.25) is 0 Å². The highest BCUT2D eigenvalue weighted by Gasteiger charge is 2.32. The molecule has 2 nitrogen and oxygen atoms in total. The van der Waals surface area contributed by atoms with Gasteiger partial charge in [0.2, 0.25) is 0 Å². The number of nitrogens with zero attached hydrogens (tertiary/aromatic N) is 1. The highest BCUT2D eigenvalue weighted by Crippen LogP contribution is 2.30. The third-order valence-electron chi connectivity index (χ3n) is 4.46. The van der Waals surface area contributed by atoms with Gasteiger partial charge in [-0.2, -0.15) is 0 Å². The Morgan fingerprint density at radius 3 is 2.36 bits per heavy atom. The van der Waals surface area contributed by atoms with Crippen molar-refractivity contribution in [2.75, 3.05) is 25.1 Å². The second kappa shape index (κ2) is 6.80. The number of rotatable bonds is 4. The number of piperidine rings is 1. The average Bonchev–Trinajstić information content (AvgIpc) is 2.62. The van der Waals surface area contributed by atoms with Crippen molar-refractivity contribution in [2.24, 2.45) is 0 Å². The largest absolute Gasteiger partial charge is 0.374 e. The minimum Gasteiger partial charge on any atom is -0.374 e. The van der Waals surface area contributed by atoms with Crippen LogP contribution in [0.3, 0.4) is 0 Å². The van der Waals surface area contributed by atoms with Crippen molar-refractivity contribution in [2.45, 2.75) is 18.4 Å². The molecule has 2 heteroatoms. The summed E-state index contributed by atoms with van der Waals surface area (Å²) in [6, 6.07) is 21.7. The first-order chi connectivity index (χ1) is 10.8. The van der Waals surface area contributed by atoms with Crippen LogP contribution in [-0.2, 0) is 4.74 Å². The topological polar surface area (TPSA) is 12.5 Å². The maximum absolute atomic E-state index is 5.87. The van der Waals surface area contributed by atoms with Gasteiger partial charge in [-0.1, -0.05) is 54.6 Å². The van der Waals surface area contributed by atoms with Gasteiger partial charge in [0.15, 0.2) is 0 Å². The molecule has 0 atom stereocenters. The third-order valence-corrected chi connectivity index (χ3v) is 4.46. The Kier molecular flexibility index (Phi) is 4.59. The summed E-state index contributed by atoms with van der Waals surface area (Å²) in [5.41, 5.74) is 2.35. The molecule has 1 aliphatic rings. The van der Waals surface area contributed by atoms with E-state index in [1.807, 2.05) is 25.3 Å². The Morgan fingerprint density at radius 1 is 1.05 bits per heavy atom. The van der Waals surface area contributed by atoms with E-state index in [0.717, 1.165) is 25.9 Å². The zero-order valence-electron chi connectivity index (χ0n) is 13.0. The molecule has 1 radical (unpaired) electrons. The zero-order valence-corrected chi connectivity index (χ0v) is 13.0. The second-order valence-electron chi connectivity index (χ2n) is 5.76. The Hall–Kier alpha value is -2.06. The number of hydrogen-bond acceptors (Lipinski definition) is 2. The fourth-order valence-electron chi connectivity index (χ4n) is 2.98. The first kappa shape index (κ1) is 14.9. The molecule has 0 aromatic heterocycles. The average molecular weight is 292 g/mol. The SMILES string of the molecule is COC1(/C=C\c2ccccc2)CCN(c2cc[c]cc2)CC1. The van der Waals surface area contributed by atoms with E-state index in [0.29, 0.717) is 0 Å². The van der Waals surface area contributed by atoms with Gasteiger partial charge in [-0.3, -0.25) is 0 Å². The van der Waals surface area contributed by atoms with Crippen LogP contribution in [-0.4, -0.2) is 25.8 Å². The summed E-state index contributed by atoms with van der Waals surface area (Å²) in [5, 5.41) is 0. The molecule has 22 heavy (non-hydrogen) atoms. The van der Waals surface area contributed by atoms with Crippen LogP contribution in [0.1, 0.15) is 18.4 Å². The molecule has 0 spiro atoms. The Balaban J connectivity index is 1.68. The first-order valence-corrected chi connectivity index (χ1v) is 7.82. The number of benzene rings is 2. The molecule has 3 rings (SSSR count). The van der Waals surface area contributed by atoms with Crippen LogP contribution >= 0.6 is 0 Å². The van der Waals surface area contributed by atoms with Crippen LogP contribution in [0.25, 0.3) is 6.08 Å². The molecular weight excluding hydrogens is 270 g/mol. The van der Waals surface area contributed by atoms with Crippen LogP contribution < -0.4 is 4.90 Å². The molecule has 1 heterocycles. The van der Waals surface area contributed by atoms with E-state index >= 15 is 0 Å². The third kappa shape index (κ3) is 3.40. The lowest BCUT2D eigenvalue weighted by Gasteiger charge is -2.40. The number of anilines is 1. The lowest BCUT2D eigenvalue weighted by molar-refractivity contribution is 0.0130. The smallest absolute Gasteiger partial charge is 0.0895 e. The summed E-state index contributed by atoms with van der Waals surface area (Å²) >= 11 is 0. The van der Waals surface area contributed by atoms with E-state index in [2.05, 4.69) is 59.5 Å². The predicted octanol–water partition coefficient (Wildman–Crippen LogP) is 4.19. The monoisotopic (exact) mass is 292 g/mol. The number of hydrogen-bond donors (Lipinski definition) is 0. The first-order valence-electron chi connectivity index (χ1n) is 7.82. The molecule has 0 bridgehead atoms. The molecular formula is C20H22NO. The summed E-state index contributed by atoms with van der Waals surface area (Å²) in [4.78, 5) is 2.42. The normalized spacial score (nSPS) is 17.8. The Bertz CT molecular complexity index is 598. The van der Waals surface area contributed by atoms with Gasteiger partial charge in [0, 0.05) is 25.9 Å². The summed E-state index contributed by atoms with van der Waals surface area (Å²) in [6.07, 6.45) is 6.42. The summed E-state index contributed by atoms with van der Waals surface area (Å²) < 4.78 is 5.87. The Morgan fingerprint density at radius 2 is 1.73 bits per heavy atom. The van der Waals surface area contributed by atoms with Gasteiger partial charge in [-0.25, -0.2) is 0 Å². The Labute approximate surface area is 133 Å².